The van der Waals surface area contributed by atoms with Gasteiger partial charge in [-0.2, -0.15) is 18.4 Å². The Labute approximate surface area is 129 Å². The maximum atomic E-state index is 12.6. The standard InChI is InChI=1S/C14H10F3N5O/c15-14(16,17)10-5-4-9(7-18)13(21-10)20-8-12(23)22-11-3-1-2-6-19-11/h1-6H,8H2,(H,20,21)(H,19,22,23). The van der Waals surface area contributed by atoms with Gasteiger partial charge in [0.25, 0.3) is 0 Å². The minimum absolute atomic E-state index is 0.0939. The van der Waals surface area contributed by atoms with E-state index in [9.17, 15) is 18.0 Å². The first-order chi connectivity index (χ1) is 10.9. The maximum Gasteiger partial charge on any atom is 0.433 e. The summed E-state index contributed by atoms with van der Waals surface area (Å²) in [6.45, 7) is -0.362. The maximum absolute atomic E-state index is 12.6. The quantitative estimate of drug-likeness (QED) is 0.902. The van der Waals surface area contributed by atoms with Crippen molar-refractivity contribution in [1.82, 2.24) is 9.97 Å². The van der Waals surface area contributed by atoms with Gasteiger partial charge < -0.3 is 10.6 Å². The second-order valence-corrected chi connectivity index (χ2v) is 4.32. The molecular weight excluding hydrogens is 311 g/mol. The zero-order valence-electron chi connectivity index (χ0n) is 11.6. The lowest BCUT2D eigenvalue weighted by molar-refractivity contribution is -0.141. The average molecular weight is 321 g/mol. The van der Waals surface area contributed by atoms with Gasteiger partial charge in [0.15, 0.2) is 0 Å². The lowest BCUT2D eigenvalue weighted by Crippen LogP contribution is -2.23. The predicted molar refractivity (Wildman–Crippen MR) is 75.3 cm³/mol. The van der Waals surface area contributed by atoms with Gasteiger partial charge in [0.05, 0.1) is 12.1 Å². The summed E-state index contributed by atoms with van der Waals surface area (Å²) < 4.78 is 37.9. The van der Waals surface area contributed by atoms with Crippen molar-refractivity contribution in [3.63, 3.8) is 0 Å². The molecule has 118 valence electrons. The molecule has 0 aliphatic carbocycles. The van der Waals surface area contributed by atoms with Crippen LogP contribution >= 0.6 is 0 Å². The molecule has 0 saturated heterocycles. The van der Waals surface area contributed by atoms with Gasteiger partial charge in [-0.15, -0.1) is 0 Å². The molecule has 0 aliphatic rings. The molecule has 0 atom stereocenters. The summed E-state index contributed by atoms with van der Waals surface area (Å²) in [7, 11) is 0. The number of aromatic nitrogens is 2. The Hall–Kier alpha value is -3.15. The molecule has 0 unspecified atom stereocenters. The Bertz CT molecular complexity index is 740. The molecular formula is C14H10F3N5O. The lowest BCUT2D eigenvalue weighted by Gasteiger charge is -2.11. The largest absolute Gasteiger partial charge is 0.433 e. The van der Waals surface area contributed by atoms with Crippen molar-refractivity contribution in [1.29, 1.82) is 5.26 Å². The Morgan fingerprint density at radius 2 is 2.04 bits per heavy atom. The molecule has 0 saturated carbocycles. The molecule has 6 nitrogen and oxygen atoms in total. The molecule has 2 aromatic rings. The first-order valence-corrected chi connectivity index (χ1v) is 6.33. The molecule has 0 radical (unpaired) electrons. The summed E-state index contributed by atoms with van der Waals surface area (Å²) in [5.74, 6) is -0.540. The predicted octanol–water partition coefficient (Wildman–Crippen LogP) is 2.42. The summed E-state index contributed by atoms with van der Waals surface area (Å²) in [5, 5.41) is 13.8. The van der Waals surface area contributed by atoms with Crippen LogP contribution in [0.5, 0.6) is 0 Å². The van der Waals surface area contributed by atoms with Gasteiger partial charge in [0.2, 0.25) is 5.91 Å². The number of carbonyl (C=O) groups excluding carboxylic acids is 1. The van der Waals surface area contributed by atoms with Crippen molar-refractivity contribution in [3.8, 4) is 6.07 Å². The SMILES string of the molecule is N#Cc1ccc(C(F)(F)F)nc1NCC(=O)Nc1ccccn1. The number of halogens is 3. The van der Waals surface area contributed by atoms with Gasteiger partial charge in [-0.25, -0.2) is 9.97 Å². The summed E-state index contributed by atoms with van der Waals surface area (Å²) in [5.41, 5.74) is -1.24. The van der Waals surface area contributed by atoms with Crippen LogP contribution in [0, 0.1) is 11.3 Å². The third kappa shape index (κ3) is 4.41. The molecule has 23 heavy (non-hydrogen) atoms. The van der Waals surface area contributed by atoms with E-state index in [1.807, 2.05) is 0 Å². The number of pyridine rings is 2. The Kier molecular flexibility index (Phi) is 4.75. The van der Waals surface area contributed by atoms with Gasteiger partial charge in [-0.3, -0.25) is 4.79 Å². The van der Waals surface area contributed by atoms with Gasteiger partial charge in [-0.05, 0) is 24.3 Å². The van der Waals surface area contributed by atoms with Crippen LogP contribution < -0.4 is 10.6 Å². The summed E-state index contributed by atoms with van der Waals surface area (Å²) in [6, 6.07) is 8.30. The van der Waals surface area contributed by atoms with Crippen molar-refractivity contribution >= 4 is 17.5 Å². The summed E-state index contributed by atoms with van der Waals surface area (Å²) in [6.07, 6.45) is -3.16. The number of rotatable bonds is 4. The number of nitrogens with one attached hydrogen (secondary N) is 2. The van der Waals surface area contributed by atoms with E-state index >= 15 is 0 Å². The zero-order chi connectivity index (χ0) is 16.9. The third-order valence-electron chi connectivity index (χ3n) is 2.65. The van der Waals surface area contributed by atoms with E-state index in [4.69, 9.17) is 5.26 Å². The van der Waals surface area contributed by atoms with Gasteiger partial charge in [0.1, 0.15) is 23.4 Å². The molecule has 2 rings (SSSR count). The van der Waals surface area contributed by atoms with Crippen molar-refractivity contribution in [2.75, 3.05) is 17.2 Å². The number of amides is 1. The topological polar surface area (TPSA) is 90.7 Å². The first kappa shape index (κ1) is 16.2. The molecule has 0 bridgehead atoms. The van der Waals surface area contributed by atoms with Crippen LogP contribution in [0.25, 0.3) is 0 Å². The number of nitriles is 1. The Balaban J connectivity index is 2.07. The van der Waals surface area contributed by atoms with E-state index in [0.29, 0.717) is 11.9 Å². The molecule has 2 N–H and O–H groups in total. The number of hydrogen-bond acceptors (Lipinski definition) is 5. The molecule has 1 amide bonds. The second kappa shape index (κ2) is 6.74. The lowest BCUT2D eigenvalue weighted by atomic mass is 10.2. The smallest absolute Gasteiger partial charge is 0.360 e. The molecule has 0 spiro atoms. The van der Waals surface area contributed by atoms with Gasteiger partial charge in [-0.1, -0.05) is 6.07 Å². The average Bonchev–Trinajstić information content (AvgIpc) is 2.52. The van der Waals surface area contributed by atoms with Crippen molar-refractivity contribution in [2.45, 2.75) is 6.18 Å². The van der Waals surface area contributed by atoms with Crippen molar-refractivity contribution < 1.29 is 18.0 Å². The van der Waals surface area contributed by atoms with E-state index < -0.39 is 17.8 Å². The van der Waals surface area contributed by atoms with E-state index in [1.54, 1.807) is 24.3 Å². The van der Waals surface area contributed by atoms with Crippen LogP contribution in [-0.2, 0) is 11.0 Å². The number of carbonyl (C=O) groups is 1. The molecule has 2 heterocycles. The van der Waals surface area contributed by atoms with Crippen LogP contribution in [0.15, 0.2) is 36.5 Å². The summed E-state index contributed by atoms with van der Waals surface area (Å²) in [4.78, 5) is 18.9. The highest BCUT2D eigenvalue weighted by molar-refractivity contribution is 5.92. The van der Waals surface area contributed by atoms with Crippen LogP contribution in [-0.4, -0.2) is 22.4 Å². The fourth-order valence-corrected chi connectivity index (χ4v) is 1.63. The molecule has 0 aliphatic heterocycles. The van der Waals surface area contributed by atoms with E-state index in [0.717, 1.165) is 6.07 Å². The highest BCUT2D eigenvalue weighted by Crippen LogP contribution is 2.29. The number of nitrogens with zero attached hydrogens (tertiary/aromatic N) is 3. The van der Waals surface area contributed by atoms with E-state index in [1.165, 1.54) is 6.20 Å². The summed E-state index contributed by atoms with van der Waals surface area (Å²) >= 11 is 0. The molecule has 0 aromatic carbocycles. The second-order valence-electron chi connectivity index (χ2n) is 4.32. The van der Waals surface area contributed by atoms with Crippen molar-refractivity contribution in [2.24, 2.45) is 0 Å². The fraction of sp³-hybridized carbons (Fsp3) is 0.143. The fourth-order valence-electron chi connectivity index (χ4n) is 1.63. The highest BCUT2D eigenvalue weighted by Gasteiger charge is 2.33. The molecule has 0 fully saturated rings. The number of alkyl halides is 3. The number of hydrogen-bond donors (Lipinski definition) is 2. The zero-order valence-corrected chi connectivity index (χ0v) is 11.6. The van der Waals surface area contributed by atoms with Crippen LogP contribution in [0.1, 0.15) is 11.3 Å². The number of anilines is 2. The monoisotopic (exact) mass is 321 g/mol. The van der Waals surface area contributed by atoms with Crippen molar-refractivity contribution in [3.05, 3.63) is 47.8 Å². The minimum atomic E-state index is -4.64. The minimum Gasteiger partial charge on any atom is -0.360 e. The van der Waals surface area contributed by atoms with Crippen LogP contribution in [0.4, 0.5) is 24.8 Å². The Morgan fingerprint density at radius 1 is 1.26 bits per heavy atom. The molecule has 9 heteroatoms. The van der Waals surface area contributed by atoms with Crippen LogP contribution in [0.2, 0.25) is 0 Å². The highest BCUT2D eigenvalue weighted by atomic mass is 19.4. The third-order valence-corrected chi connectivity index (χ3v) is 2.65. The van der Waals surface area contributed by atoms with Gasteiger partial charge >= 0.3 is 6.18 Å². The first-order valence-electron chi connectivity index (χ1n) is 6.33. The van der Waals surface area contributed by atoms with Crippen LogP contribution in [0.3, 0.4) is 0 Å². The molecule has 2 aromatic heterocycles. The van der Waals surface area contributed by atoms with E-state index in [-0.39, 0.29) is 17.9 Å². The normalized spacial score (nSPS) is 10.7. The Morgan fingerprint density at radius 3 is 2.65 bits per heavy atom. The van der Waals surface area contributed by atoms with E-state index in [2.05, 4.69) is 20.6 Å². The van der Waals surface area contributed by atoms with Gasteiger partial charge in [0, 0.05) is 6.20 Å².